The van der Waals surface area contributed by atoms with Gasteiger partial charge in [-0.25, -0.2) is 0 Å². The van der Waals surface area contributed by atoms with Gasteiger partial charge in [-0.2, -0.15) is 0 Å². The molecule has 0 saturated carbocycles. The second-order valence-corrected chi connectivity index (χ2v) is 14.2. The van der Waals surface area contributed by atoms with Gasteiger partial charge in [0, 0.05) is 55.1 Å². The quantitative estimate of drug-likeness (QED) is 0.178. The highest BCUT2D eigenvalue weighted by Gasteiger charge is 2.23. The molecule has 0 aliphatic carbocycles. The van der Waals surface area contributed by atoms with E-state index in [0.717, 1.165) is 94.6 Å². The molecular formula is C50H31N5O. The fourth-order valence-corrected chi connectivity index (χ4v) is 8.84. The van der Waals surface area contributed by atoms with Crippen molar-refractivity contribution in [3.63, 3.8) is 0 Å². The van der Waals surface area contributed by atoms with Gasteiger partial charge >= 0.3 is 0 Å². The zero-order valence-electron chi connectivity index (χ0n) is 30.0. The Morgan fingerprint density at radius 2 is 0.964 bits per heavy atom. The third-order valence-corrected chi connectivity index (χ3v) is 11.2. The standard InChI is InChI=1S/C50H31N5O/c1-3-15-32(16-4-1)49-51-52-50(55(49)33-17-5-2-6-18-33)40-24-14-27-43-46(40)38-22-8-11-26-42(38)53(43)34-19-13-20-35(31-34)54-41-25-10-7-21-36(41)37-29-30-45-47(48(37)54)39-23-9-12-28-44(39)56-45/h1-31H. The van der Waals surface area contributed by atoms with Gasteiger partial charge in [-0.3, -0.25) is 4.57 Å². The predicted octanol–water partition coefficient (Wildman–Crippen LogP) is 12.7. The molecule has 0 fully saturated rings. The zero-order valence-corrected chi connectivity index (χ0v) is 30.0. The summed E-state index contributed by atoms with van der Waals surface area (Å²) >= 11 is 0. The summed E-state index contributed by atoms with van der Waals surface area (Å²) in [6, 6.07) is 66.1. The van der Waals surface area contributed by atoms with Gasteiger partial charge in [0.1, 0.15) is 11.2 Å². The monoisotopic (exact) mass is 717 g/mol. The van der Waals surface area contributed by atoms with Crippen LogP contribution in [-0.2, 0) is 0 Å². The highest BCUT2D eigenvalue weighted by molar-refractivity contribution is 6.24. The Labute approximate surface area is 320 Å². The molecule has 0 aliphatic rings. The fraction of sp³-hybridized carbons (Fsp3) is 0. The summed E-state index contributed by atoms with van der Waals surface area (Å²) < 4.78 is 13.4. The van der Waals surface area contributed by atoms with Crippen molar-refractivity contribution in [2.45, 2.75) is 0 Å². The van der Waals surface area contributed by atoms with Gasteiger partial charge in [-0.05, 0) is 66.7 Å². The molecule has 12 rings (SSSR count). The molecule has 4 aromatic heterocycles. The lowest BCUT2D eigenvalue weighted by molar-refractivity contribution is 0.669. The molecule has 4 heterocycles. The number of benzene rings is 8. The minimum absolute atomic E-state index is 0.791. The lowest BCUT2D eigenvalue weighted by Crippen LogP contribution is -2.01. The lowest BCUT2D eigenvalue weighted by Gasteiger charge is -2.14. The molecule has 0 unspecified atom stereocenters. The fourth-order valence-electron chi connectivity index (χ4n) is 8.84. The number of para-hydroxylation sites is 4. The van der Waals surface area contributed by atoms with Crippen molar-refractivity contribution in [2.24, 2.45) is 0 Å². The first-order valence-corrected chi connectivity index (χ1v) is 18.8. The van der Waals surface area contributed by atoms with Crippen LogP contribution in [0.2, 0.25) is 0 Å². The largest absolute Gasteiger partial charge is 0.456 e. The van der Waals surface area contributed by atoms with Gasteiger partial charge in [0.15, 0.2) is 11.6 Å². The maximum Gasteiger partial charge on any atom is 0.169 e. The third-order valence-electron chi connectivity index (χ3n) is 11.2. The summed E-state index contributed by atoms with van der Waals surface area (Å²) in [5.41, 5.74) is 11.4. The SMILES string of the molecule is c1ccc(-c2nnc(-c3cccc4c3c3ccccc3n4-c3cccc(-n4c5ccccc5c5ccc6oc7ccccc7c6c54)c3)n2-c2ccccc2)cc1. The van der Waals surface area contributed by atoms with E-state index in [9.17, 15) is 0 Å². The first-order valence-electron chi connectivity index (χ1n) is 18.8. The number of fused-ring (bicyclic) bond motifs is 10. The van der Waals surface area contributed by atoms with Gasteiger partial charge in [-0.1, -0.05) is 121 Å². The maximum atomic E-state index is 6.41. The van der Waals surface area contributed by atoms with Crippen LogP contribution in [0.25, 0.3) is 105 Å². The Bertz CT molecular complexity index is 3480. The molecule has 0 bridgehead atoms. The number of rotatable bonds is 5. The van der Waals surface area contributed by atoms with E-state index in [1.54, 1.807) is 0 Å². The summed E-state index contributed by atoms with van der Waals surface area (Å²) in [6.45, 7) is 0. The molecule has 12 aromatic rings. The maximum absolute atomic E-state index is 6.41. The molecule has 0 spiro atoms. The molecule has 0 saturated heterocycles. The minimum atomic E-state index is 0.791. The van der Waals surface area contributed by atoms with Crippen LogP contribution in [0.3, 0.4) is 0 Å². The zero-order chi connectivity index (χ0) is 36.7. The average molecular weight is 718 g/mol. The van der Waals surface area contributed by atoms with E-state index in [-0.39, 0.29) is 0 Å². The van der Waals surface area contributed by atoms with Crippen LogP contribution >= 0.6 is 0 Å². The smallest absolute Gasteiger partial charge is 0.169 e. The van der Waals surface area contributed by atoms with Gasteiger partial charge in [0.2, 0.25) is 0 Å². The van der Waals surface area contributed by atoms with Crippen molar-refractivity contribution in [1.82, 2.24) is 23.9 Å². The highest BCUT2D eigenvalue weighted by Crippen LogP contribution is 2.43. The van der Waals surface area contributed by atoms with Crippen molar-refractivity contribution >= 4 is 65.6 Å². The topological polar surface area (TPSA) is 53.7 Å². The van der Waals surface area contributed by atoms with Crippen LogP contribution in [0, 0.1) is 0 Å². The molecule has 6 nitrogen and oxygen atoms in total. The summed E-state index contributed by atoms with van der Waals surface area (Å²) in [4.78, 5) is 0. The van der Waals surface area contributed by atoms with Crippen molar-refractivity contribution in [3.05, 3.63) is 188 Å². The molecule has 8 aromatic carbocycles. The number of nitrogens with zero attached hydrogens (tertiary/aromatic N) is 5. The van der Waals surface area contributed by atoms with Crippen LogP contribution in [0.15, 0.2) is 192 Å². The van der Waals surface area contributed by atoms with Crippen LogP contribution in [0.1, 0.15) is 0 Å². The van der Waals surface area contributed by atoms with Gasteiger partial charge in [0.05, 0.1) is 27.5 Å². The summed E-state index contributed by atoms with van der Waals surface area (Å²) in [6.07, 6.45) is 0. The van der Waals surface area contributed by atoms with Gasteiger partial charge in [-0.15, -0.1) is 10.2 Å². The Kier molecular flexibility index (Phi) is 6.53. The van der Waals surface area contributed by atoms with E-state index in [2.05, 4.69) is 171 Å². The number of aromatic nitrogens is 5. The van der Waals surface area contributed by atoms with Crippen LogP contribution in [-0.4, -0.2) is 23.9 Å². The Morgan fingerprint density at radius 1 is 0.357 bits per heavy atom. The van der Waals surface area contributed by atoms with Gasteiger partial charge < -0.3 is 13.6 Å². The lowest BCUT2D eigenvalue weighted by atomic mass is 10.1. The number of hydrogen-bond donors (Lipinski definition) is 0. The molecule has 262 valence electrons. The molecular weight excluding hydrogens is 687 g/mol. The number of hydrogen-bond acceptors (Lipinski definition) is 3. The molecule has 0 N–H and O–H groups in total. The van der Waals surface area contributed by atoms with E-state index in [1.807, 2.05) is 30.3 Å². The summed E-state index contributed by atoms with van der Waals surface area (Å²) in [7, 11) is 0. The van der Waals surface area contributed by atoms with E-state index >= 15 is 0 Å². The number of furan rings is 1. The average Bonchev–Trinajstić information content (AvgIpc) is 4.04. The second kappa shape index (κ2) is 11.9. The normalized spacial score (nSPS) is 11.9. The molecule has 0 amide bonds. The summed E-state index contributed by atoms with van der Waals surface area (Å²) in [5.74, 6) is 1.59. The molecule has 0 radical (unpaired) electrons. The summed E-state index contributed by atoms with van der Waals surface area (Å²) in [5, 5.41) is 16.6. The van der Waals surface area contributed by atoms with Crippen LogP contribution in [0.4, 0.5) is 0 Å². The third kappa shape index (κ3) is 4.38. The predicted molar refractivity (Wildman–Crippen MR) is 228 cm³/mol. The molecule has 56 heavy (non-hydrogen) atoms. The second-order valence-electron chi connectivity index (χ2n) is 14.2. The van der Waals surface area contributed by atoms with Crippen molar-refractivity contribution < 1.29 is 4.42 Å². The van der Waals surface area contributed by atoms with Crippen molar-refractivity contribution in [2.75, 3.05) is 0 Å². The van der Waals surface area contributed by atoms with E-state index in [1.165, 1.54) is 10.8 Å². The minimum Gasteiger partial charge on any atom is -0.456 e. The van der Waals surface area contributed by atoms with Gasteiger partial charge in [0.25, 0.3) is 0 Å². The van der Waals surface area contributed by atoms with Crippen molar-refractivity contribution in [3.8, 4) is 39.8 Å². The first-order chi connectivity index (χ1) is 27.8. The Hall–Kier alpha value is -7.70. The molecule has 6 heteroatoms. The first kappa shape index (κ1) is 30.7. The Morgan fingerprint density at radius 3 is 1.79 bits per heavy atom. The van der Waals surface area contributed by atoms with E-state index in [0.29, 0.717) is 0 Å². The Balaban J connectivity index is 1.12. The van der Waals surface area contributed by atoms with Crippen LogP contribution < -0.4 is 0 Å². The highest BCUT2D eigenvalue weighted by atomic mass is 16.3. The van der Waals surface area contributed by atoms with Crippen LogP contribution in [0.5, 0.6) is 0 Å². The van der Waals surface area contributed by atoms with E-state index < -0.39 is 0 Å². The molecule has 0 atom stereocenters. The molecule has 0 aliphatic heterocycles. The van der Waals surface area contributed by atoms with Crippen molar-refractivity contribution in [1.29, 1.82) is 0 Å². The van der Waals surface area contributed by atoms with E-state index in [4.69, 9.17) is 14.6 Å².